The van der Waals surface area contributed by atoms with Gasteiger partial charge in [-0.25, -0.2) is 0 Å². The molecule has 1 aliphatic carbocycles. The van der Waals surface area contributed by atoms with Gasteiger partial charge in [0.2, 0.25) is 0 Å². The normalized spacial score (nSPS) is 27.2. The maximum absolute atomic E-state index is 4.31. The molecule has 0 aromatic rings. The highest BCUT2D eigenvalue weighted by Gasteiger charge is 2.56. The fourth-order valence-corrected chi connectivity index (χ4v) is 4.25. The van der Waals surface area contributed by atoms with Crippen molar-refractivity contribution < 1.29 is 0 Å². The molecule has 130 valence electrons. The first-order chi connectivity index (χ1) is 11.5. The molecule has 0 amide bonds. The molecule has 2 rings (SSSR count). The second kappa shape index (κ2) is 7.42. The molecule has 0 spiro atoms. The second-order valence-corrected chi connectivity index (χ2v) is 7.05. The van der Waals surface area contributed by atoms with E-state index < -0.39 is 0 Å². The summed E-state index contributed by atoms with van der Waals surface area (Å²) in [5.41, 5.74) is 6.18. The van der Waals surface area contributed by atoms with Crippen LogP contribution < -0.4 is 0 Å². The zero-order valence-electron chi connectivity index (χ0n) is 16.0. The lowest BCUT2D eigenvalue weighted by Crippen LogP contribution is -2.37. The van der Waals surface area contributed by atoms with Crippen LogP contribution in [0.25, 0.3) is 0 Å². The minimum Gasteiger partial charge on any atom is -0.340 e. The zero-order chi connectivity index (χ0) is 17.9. The molecule has 1 heteroatoms. The first-order valence-corrected chi connectivity index (χ1v) is 9.37. The van der Waals surface area contributed by atoms with Gasteiger partial charge in [0.1, 0.15) is 0 Å². The molecule has 0 aromatic heterocycles. The van der Waals surface area contributed by atoms with E-state index in [1.807, 2.05) is 12.2 Å². The molecule has 24 heavy (non-hydrogen) atoms. The van der Waals surface area contributed by atoms with Crippen molar-refractivity contribution in [1.82, 2.24) is 4.90 Å². The molecule has 0 N–H and O–H groups in total. The van der Waals surface area contributed by atoms with Crippen LogP contribution in [0.15, 0.2) is 72.2 Å². The Morgan fingerprint density at radius 2 is 2.00 bits per heavy atom. The third kappa shape index (κ3) is 2.97. The highest BCUT2D eigenvalue weighted by Crippen LogP contribution is 2.57. The summed E-state index contributed by atoms with van der Waals surface area (Å²) < 4.78 is 0. The Balaban J connectivity index is 2.60. The van der Waals surface area contributed by atoms with Crippen LogP contribution in [0.4, 0.5) is 0 Å². The number of hydrogen-bond donors (Lipinski definition) is 0. The molecule has 0 bridgehead atoms. The maximum Gasteiger partial charge on any atom is 0.0517 e. The fraction of sp³-hybridized carbons (Fsp3) is 0.478. The largest absolute Gasteiger partial charge is 0.340 e. The number of hydrogen-bond acceptors (Lipinski definition) is 1. The van der Waals surface area contributed by atoms with Crippen LogP contribution in [0.3, 0.4) is 0 Å². The first-order valence-electron chi connectivity index (χ1n) is 9.37. The lowest BCUT2D eigenvalue weighted by Gasteiger charge is -2.39. The Labute approximate surface area is 148 Å². The van der Waals surface area contributed by atoms with Gasteiger partial charge in [0.15, 0.2) is 0 Å². The molecular weight excluding hydrogens is 290 g/mol. The van der Waals surface area contributed by atoms with Crippen LogP contribution in [0.2, 0.25) is 0 Å². The summed E-state index contributed by atoms with van der Waals surface area (Å²) in [7, 11) is 0. The summed E-state index contributed by atoms with van der Waals surface area (Å²) in [5, 5.41) is 0. The predicted molar refractivity (Wildman–Crippen MR) is 107 cm³/mol. The summed E-state index contributed by atoms with van der Waals surface area (Å²) in [6, 6.07) is 0. The molecule has 2 aliphatic rings. The Hall–Kier alpha value is -1.76. The van der Waals surface area contributed by atoms with E-state index in [9.17, 15) is 0 Å². The van der Waals surface area contributed by atoms with Crippen molar-refractivity contribution >= 4 is 0 Å². The minimum atomic E-state index is 0.247. The van der Waals surface area contributed by atoms with Crippen molar-refractivity contribution in [2.75, 3.05) is 0 Å². The maximum atomic E-state index is 4.31. The molecule has 0 aromatic carbocycles. The van der Waals surface area contributed by atoms with Crippen molar-refractivity contribution in [3.63, 3.8) is 0 Å². The van der Waals surface area contributed by atoms with Crippen LogP contribution >= 0.6 is 0 Å². The lowest BCUT2D eigenvalue weighted by atomic mass is 9.89. The van der Waals surface area contributed by atoms with Crippen LogP contribution in [-0.4, -0.2) is 10.4 Å². The quantitative estimate of drug-likeness (QED) is 0.481. The van der Waals surface area contributed by atoms with Gasteiger partial charge in [-0.1, -0.05) is 65.2 Å². The van der Waals surface area contributed by atoms with E-state index in [0.717, 1.165) is 29.1 Å². The summed E-state index contributed by atoms with van der Waals surface area (Å²) >= 11 is 0. The van der Waals surface area contributed by atoms with Gasteiger partial charge in [-0.2, -0.15) is 0 Å². The monoisotopic (exact) mass is 323 g/mol. The highest BCUT2D eigenvalue weighted by atomic mass is 15.2. The SMILES string of the molecule is C=CC1=CN(C2(CC)CC2CCC)C(/C(C)=C\CC)=C(C=C)C1=C. The molecule has 1 aliphatic heterocycles. The minimum absolute atomic E-state index is 0.247. The highest BCUT2D eigenvalue weighted by molar-refractivity contribution is 5.62. The number of nitrogens with zero attached hydrogens (tertiary/aromatic N) is 1. The molecule has 2 unspecified atom stereocenters. The van der Waals surface area contributed by atoms with E-state index >= 15 is 0 Å². The summed E-state index contributed by atoms with van der Waals surface area (Å²) in [6.07, 6.45) is 14.5. The molecule has 0 radical (unpaired) electrons. The smallest absolute Gasteiger partial charge is 0.0517 e. The Kier molecular flexibility index (Phi) is 5.74. The van der Waals surface area contributed by atoms with E-state index in [1.165, 1.54) is 37.0 Å². The first kappa shape index (κ1) is 18.6. The van der Waals surface area contributed by atoms with Gasteiger partial charge in [0.05, 0.1) is 5.70 Å². The fourth-order valence-electron chi connectivity index (χ4n) is 4.25. The van der Waals surface area contributed by atoms with Crippen LogP contribution in [0, 0.1) is 5.92 Å². The molecular formula is C23H33N. The third-order valence-electron chi connectivity index (χ3n) is 5.67. The van der Waals surface area contributed by atoms with E-state index in [0.29, 0.717) is 0 Å². The van der Waals surface area contributed by atoms with Gasteiger partial charge in [-0.15, -0.1) is 0 Å². The second-order valence-electron chi connectivity index (χ2n) is 7.05. The van der Waals surface area contributed by atoms with E-state index in [4.69, 9.17) is 0 Å². The Bertz CT molecular complexity index is 628. The van der Waals surface area contributed by atoms with Crippen molar-refractivity contribution in [1.29, 1.82) is 0 Å². The molecule has 2 atom stereocenters. The zero-order valence-corrected chi connectivity index (χ0v) is 16.0. The van der Waals surface area contributed by atoms with E-state index in [2.05, 4.69) is 64.6 Å². The molecule has 1 heterocycles. The Morgan fingerprint density at radius 1 is 1.29 bits per heavy atom. The average molecular weight is 324 g/mol. The summed E-state index contributed by atoms with van der Waals surface area (Å²) in [6.45, 7) is 21.4. The summed E-state index contributed by atoms with van der Waals surface area (Å²) in [5.74, 6) is 0.775. The standard InChI is InChI=1S/C23H33N/c1-8-13-17(6)22-21(11-4)18(7)19(10-3)16-24(22)23(12-5)15-20(23)14-9-2/h10-11,13,16,20H,3-4,7-9,12,14-15H2,1-2,5-6H3/b17-13-. The van der Waals surface area contributed by atoms with Gasteiger partial charge < -0.3 is 4.90 Å². The lowest BCUT2D eigenvalue weighted by molar-refractivity contribution is 0.276. The van der Waals surface area contributed by atoms with Gasteiger partial charge in [0.25, 0.3) is 0 Å². The Morgan fingerprint density at radius 3 is 2.50 bits per heavy atom. The molecule has 1 nitrogen and oxygen atoms in total. The number of allylic oxidation sites excluding steroid dienone is 7. The van der Waals surface area contributed by atoms with Gasteiger partial charge >= 0.3 is 0 Å². The van der Waals surface area contributed by atoms with Crippen LogP contribution in [0.1, 0.15) is 59.8 Å². The number of rotatable bonds is 8. The van der Waals surface area contributed by atoms with Crippen LogP contribution in [0.5, 0.6) is 0 Å². The van der Waals surface area contributed by atoms with Crippen molar-refractivity contribution in [3.8, 4) is 0 Å². The molecule has 1 saturated carbocycles. The van der Waals surface area contributed by atoms with E-state index in [1.54, 1.807) is 0 Å². The van der Waals surface area contributed by atoms with Gasteiger partial charge in [-0.3, -0.25) is 0 Å². The molecule has 1 fully saturated rings. The third-order valence-corrected chi connectivity index (χ3v) is 5.67. The molecule has 0 saturated heterocycles. The van der Waals surface area contributed by atoms with E-state index in [-0.39, 0.29) is 5.54 Å². The van der Waals surface area contributed by atoms with Crippen molar-refractivity contribution in [3.05, 3.63) is 72.2 Å². The van der Waals surface area contributed by atoms with Gasteiger partial charge in [-0.05, 0) is 55.2 Å². The predicted octanol–water partition coefficient (Wildman–Crippen LogP) is 6.69. The average Bonchev–Trinajstić information content (AvgIpc) is 3.29. The summed E-state index contributed by atoms with van der Waals surface area (Å²) in [4.78, 5) is 2.54. The van der Waals surface area contributed by atoms with Crippen molar-refractivity contribution in [2.45, 2.75) is 65.3 Å². The van der Waals surface area contributed by atoms with Gasteiger partial charge in [0, 0.05) is 17.3 Å². The topological polar surface area (TPSA) is 3.24 Å². The van der Waals surface area contributed by atoms with Crippen molar-refractivity contribution in [2.24, 2.45) is 5.92 Å². The van der Waals surface area contributed by atoms with Crippen LogP contribution in [-0.2, 0) is 0 Å².